The van der Waals surface area contributed by atoms with Crippen molar-refractivity contribution in [3.05, 3.63) is 33.9 Å². The average molecular weight is 402 g/mol. The molecule has 1 aromatic rings. The van der Waals surface area contributed by atoms with E-state index >= 15 is 0 Å². The van der Waals surface area contributed by atoms with Crippen LogP contribution in [0.3, 0.4) is 0 Å². The van der Waals surface area contributed by atoms with E-state index in [1.54, 1.807) is 14.2 Å². The van der Waals surface area contributed by atoms with Crippen molar-refractivity contribution in [3.8, 4) is 11.5 Å². The molecule has 0 bridgehead atoms. The van der Waals surface area contributed by atoms with Gasteiger partial charge in [-0.25, -0.2) is 4.79 Å². The van der Waals surface area contributed by atoms with E-state index in [-0.39, 0.29) is 18.5 Å². The number of carbonyl (C=O) groups is 2. The molecule has 0 atom stereocenters. The number of allylic oxidation sites excluding steroid dienone is 2. The number of fused-ring (bicyclic) bond motifs is 1. The second-order valence-corrected chi connectivity index (χ2v) is 7.90. The number of amides is 1. The second-order valence-electron chi connectivity index (χ2n) is 7.90. The normalized spacial score (nSPS) is 16.6. The lowest BCUT2D eigenvalue weighted by Crippen LogP contribution is -2.32. The number of ether oxygens (including phenoxy) is 3. The molecular formula is C23H31NO5. The Labute approximate surface area is 172 Å². The second kappa shape index (κ2) is 9.33. The lowest BCUT2D eigenvalue weighted by molar-refractivity contribution is -0.121. The van der Waals surface area contributed by atoms with E-state index in [4.69, 9.17) is 14.2 Å². The van der Waals surface area contributed by atoms with Gasteiger partial charge in [-0.1, -0.05) is 24.5 Å². The van der Waals surface area contributed by atoms with Gasteiger partial charge >= 0.3 is 5.97 Å². The van der Waals surface area contributed by atoms with Gasteiger partial charge in [0.15, 0.2) is 0 Å². The quantitative estimate of drug-likeness (QED) is 0.526. The molecule has 0 saturated heterocycles. The molecule has 1 aromatic carbocycles. The maximum atomic E-state index is 12.2. The summed E-state index contributed by atoms with van der Waals surface area (Å²) in [5, 5.41) is 3.13. The fourth-order valence-corrected chi connectivity index (χ4v) is 4.29. The first kappa shape index (κ1) is 21.2. The van der Waals surface area contributed by atoms with Crippen molar-refractivity contribution in [2.24, 2.45) is 0 Å². The minimum Gasteiger partial charge on any atom is -0.496 e. The highest BCUT2D eigenvalue weighted by molar-refractivity contribution is 5.98. The van der Waals surface area contributed by atoms with Crippen molar-refractivity contribution in [1.29, 1.82) is 0 Å². The predicted molar refractivity (Wildman–Crippen MR) is 110 cm³/mol. The van der Waals surface area contributed by atoms with Gasteiger partial charge in [-0.3, -0.25) is 4.79 Å². The van der Waals surface area contributed by atoms with Crippen LogP contribution in [0.15, 0.2) is 11.6 Å². The highest BCUT2D eigenvalue weighted by atomic mass is 16.5. The summed E-state index contributed by atoms with van der Waals surface area (Å²) in [6, 6.07) is 0.356. The summed E-state index contributed by atoms with van der Waals surface area (Å²) in [6.07, 6.45) is 8.44. The van der Waals surface area contributed by atoms with Crippen molar-refractivity contribution in [2.75, 3.05) is 14.2 Å². The van der Waals surface area contributed by atoms with E-state index in [0.717, 1.165) is 40.9 Å². The lowest BCUT2D eigenvalue weighted by atomic mass is 9.94. The molecule has 3 rings (SSSR count). The molecule has 0 unspecified atom stereocenters. The molecule has 1 fully saturated rings. The molecule has 0 radical (unpaired) electrons. The molecule has 1 amide bonds. The number of esters is 1. The van der Waals surface area contributed by atoms with Crippen LogP contribution in [-0.2, 0) is 22.6 Å². The highest BCUT2D eigenvalue weighted by Gasteiger charge is 2.32. The standard InChI is InChI=1S/C23H31NO5/c1-14(10-12-19(25)24-16-7-5-6-8-16)9-11-17-21(27-3)15(2)18-13-29-23(26)20(18)22(17)28-4/h9,16H,5-8,10-13H2,1-4H3,(H,24,25). The number of hydrogen-bond donors (Lipinski definition) is 1. The van der Waals surface area contributed by atoms with Crippen LogP contribution < -0.4 is 14.8 Å². The number of rotatable bonds is 8. The van der Waals surface area contributed by atoms with Gasteiger partial charge in [-0.15, -0.1) is 0 Å². The van der Waals surface area contributed by atoms with Crippen molar-refractivity contribution in [3.63, 3.8) is 0 Å². The van der Waals surface area contributed by atoms with E-state index in [2.05, 4.69) is 11.4 Å². The van der Waals surface area contributed by atoms with Crippen LogP contribution in [0.25, 0.3) is 0 Å². The minimum atomic E-state index is -0.354. The molecule has 1 N–H and O–H groups in total. The first-order valence-electron chi connectivity index (χ1n) is 10.3. The Balaban J connectivity index is 1.72. The third-order valence-electron chi connectivity index (χ3n) is 5.95. The SMILES string of the molecule is COc1c(C)c2c(c(OC)c1CC=C(C)CCC(=O)NC1CCCC1)C(=O)OC2. The van der Waals surface area contributed by atoms with Gasteiger partial charge in [0.25, 0.3) is 0 Å². The van der Waals surface area contributed by atoms with Gasteiger partial charge < -0.3 is 19.5 Å². The maximum absolute atomic E-state index is 12.2. The van der Waals surface area contributed by atoms with Gasteiger partial charge in [0.05, 0.1) is 14.2 Å². The smallest absolute Gasteiger partial charge is 0.342 e. The Kier molecular flexibility index (Phi) is 6.83. The van der Waals surface area contributed by atoms with Gasteiger partial charge in [-0.05, 0) is 45.1 Å². The van der Waals surface area contributed by atoms with Crippen LogP contribution >= 0.6 is 0 Å². The highest BCUT2D eigenvalue weighted by Crippen LogP contribution is 2.42. The fourth-order valence-electron chi connectivity index (χ4n) is 4.29. The summed E-state index contributed by atoms with van der Waals surface area (Å²) in [6.45, 7) is 4.21. The third kappa shape index (κ3) is 4.57. The molecular weight excluding hydrogens is 370 g/mol. The molecule has 6 nitrogen and oxygen atoms in total. The Bertz CT molecular complexity index is 821. The van der Waals surface area contributed by atoms with Crippen LogP contribution in [0.5, 0.6) is 11.5 Å². The number of carbonyl (C=O) groups excluding carboxylic acids is 2. The number of nitrogens with one attached hydrogen (secondary N) is 1. The van der Waals surface area contributed by atoms with Crippen molar-refractivity contribution < 1.29 is 23.8 Å². The maximum Gasteiger partial charge on any atom is 0.342 e. The molecule has 29 heavy (non-hydrogen) atoms. The van der Waals surface area contributed by atoms with Crippen LogP contribution in [0.2, 0.25) is 0 Å². The first-order chi connectivity index (χ1) is 14.0. The topological polar surface area (TPSA) is 73.9 Å². The van der Waals surface area contributed by atoms with Gasteiger partial charge in [0.1, 0.15) is 23.7 Å². The summed E-state index contributed by atoms with van der Waals surface area (Å²) in [4.78, 5) is 24.4. The van der Waals surface area contributed by atoms with Crippen LogP contribution in [0.1, 0.15) is 72.5 Å². The van der Waals surface area contributed by atoms with Gasteiger partial charge in [0.2, 0.25) is 5.91 Å². The summed E-state index contributed by atoms with van der Waals surface area (Å²) in [5.74, 6) is 1.01. The van der Waals surface area contributed by atoms with E-state index in [1.807, 2.05) is 13.8 Å². The van der Waals surface area contributed by atoms with E-state index in [0.29, 0.717) is 36.6 Å². The van der Waals surface area contributed by atoms with Crippen LogP contribution in [0, 0.1) is 6.92 Å². The van der Waals surface area contributed by atoms with Gasteiger partial charge in [-0.2, -0.15) is 0 Å². The molecule has 2 aliphatic rings. The first-order valence-corrected chi connectivity index (χ1v) is 10.3. The Morgan fingerprint density at radius 1 is 1.17 bits per heavy atom. The van der Waals surface area contributed by atoms with Crippen LogP contribution in [-0.4, -0.2) is 32.1 Å². The predicted octanol–water partition coefficient (Wildman–Crippen LogP) is 4.01. The molecule has 6 heteroatoms. The molecule has 0 aromatic heterocycles. The summed E-state index contributed by atoms with van der Waals surface area (Å²) < 4.78 is 16.4. The zero-order chi connectivity index (χ0) is 21.0. The average Bonchev–Trinajstić information content (AvgIpc) is 3.35. The number of cyclic esters (lactones) is 1. The molecule has 158 valence electrons. The largest absolute Gasteiger partial charge is 0.496 e. The monoisotopic (exact) mass is 401 g/mol. The van der Waals surface area contributed by atoms with E-state index < -0.39 is 0 Å². The molecule has 0 spiro atoms. The minimum absolute atomic E-state index is 0.121. The van der Waals surface area contributed by atoms with Crippen LogP contribution in [0.4, 0.5) is 0 Å². The Morgan fingerprint density at radius 3 is 2.52 bits per heavy atom. The van der Waals surface area contributed by atoms with Crippen molar-refractivity contribution in [2.45, 2.75) is 71.4 Å². The fraction of sp³-hybridized carbons (Fsp3) is 0.565. The summed E-state index contributed by atoms with van der Waals surface area (Å²) >= 11 is 0. The van der Waals surface area contributed by atoms with Crippen molar-refractivity contribution >= 4 is 11.9 Å². The Morgan fingerprint density at radius 2 is 1.86 bits per heavy atom. The number of benzene rings is 1. The lowest BCUT2D eigenvalue weighted by Gasteiger charge is -2.18. The Hall–Kier alpha value is -2.50. The zero-order valence-corrected chi connectivity index (χ0v) is 17.9. The summed E-state index contributed by atoms with van der Waals surface area (Å²) in [7, 11) is 3.18. The number of methoxy groups -OCH3 is 2. The molecule has 1 aliphatic carbocycles. The van der Waals surface area contributed by atoms with Gasteiger partial charge in [0, 0.05) is 23.6 Å². The molecule has 1 saturated carbocycles. The van der Waals surface area contributed by atoms with E-state index in [9.17, 15) is 9.59 Å². The zero-order valence-electron chi connectivity index (χ0n) is 17.9. The van der Waals surface area contributed by atoms with E-state index in [1.165, 1.54) is 12.8 Å². The molecule has 1 aliphatic heterocycles. The third-order valence-corrected chi connectivity index (χ3v) is 5.95. The molecule has 1 heterocycles. The number of hydrogen-bond acceptors (Lipinski definition) is 5. The van der Waals surface area contributed by atoms with Crippen molar-refractivity contribution in [1.82, 2.24) is 5.32 Å². The summed E-state index contributed by atoms with van der Waals surface area (Å²) in [5.41, 5.74) is 4.20.